The Morgan fingerprint density at radius 1 is 1.28 bits per heavy atom. The van der Waals surface area contributed by atoms with Gasteiger partial charge in [0.15, 0.2) is 5.16 Å². The second-order valence-corrected chi connectivity index (χ2v) is 6.89. The number of hydrogen-bond donors (Lipinski definition) is 2. The van der Waals surface area contributed by atoms with Crippen molar-refractivity contribution in [3.8, 4) is 0 Å². The van der Waals surface area contributed by atoms with Crippen molar-refractivity contribution in [1.29, 1.82) is 0 Å². The summed E-state index contributed by atoms with van der Waals surface area (Å²) < 4.78 is 1.56. The van der Waals surface area contributed by atoms with Crippen LogP contribution in [-0.4, -0.2) is 27.1 Å². The molecule has 0 saturated heterocycles. The number of aryl methyl sites for hydroxylation is 1. The molecular weight excluding hydrogens is 340 g/mol. The number of thioether (sulfide) groups is 1. The molecule has 0 spiro atoms. The first-order chi connectivity index (χ1) is 11.9. The fourth-order valence-electron chi connectivity index (χ4n) is 2.58. The van der Waals surface area contributed by atoms with Gasteiger partial charge < -0.3 is 10.6 Å². The quantitative estimate of drug-likeness (QED) is 0.817. The number of nitrogens with zero attached hydrogens (tertiary/aromatic N) is 2. The monoisotopic (exact) mass is 358 g/mol. The number of aromatic nitrogens is 2. The van der Waals surface area contributed by atoms with E-state index in [-0.39, 0.29) is 23.3 Å². The summed E-state index contributed by atoms with van der Waals surface area (Å²) >= 11 is 1.40. The van der Waals surface area contributed by atoms with Crippen molar-refractivity contribution in [3.05, 3.63) is 46.4 Å². The topological polar surface area (TPSA) is 93.1 Å². The highest BCUT2D eigenvalue weighted by atomic mass is 32.2. The Labute approximate surface area is 148 Å². The van der Waals surface area contributed by atoms with Crippen molar-refractivity contribution in [3.63, 3.8) is 0 Å². The van der Waals surface area contributed by atoms with Crippen LogP contribution in [0.1, 0.15) is 12.5 Å². The second-order valence-electron chi connectivity index (χ2n) is 5.90. The van der Waals surface area contributed by atoms with E-state index in [0.29, 0.717) is 34.4 Å². The van der Waals surface area contributed by atoms with Crippen molar-refractivity contribution in [2.45, 2.75) is 25.5 Å². The Hall–Kier alpha value is -2.61. The predicted molar refractivity (Wildman–Crippen MR) is 96.8 cm³/mol. The van der Waals surface area contributed by atoms with E-state index in [1.165, 1.54) is 18.7 Å². The molecule has 1 aromatic carbocycles. The molecule has 0 fully saturated rings. The van der Waals surface area contributed by atoms with Gasteiger partial charge in [0.25, 0.3) is 5.56 Å². The second kappa shape index (κ2) is 7.10. The summed E-state index contributed by atoms with van der Waals surface area (Å²) in [7, 11) is 0. The molecule has 8 heteroatoms. The zero-order chi connectivity index (χ0) is 18.0. The first-order valence-corrected chi connectivity index (χ1v) is 8.80. The van der Waals surface area contributed by atoms with Gasteiger partial charge in [-0.2, -0.15) is 0 Å². The molecule has 1 atom stereocenters. The average molecular weight is 358 g/mol. The van der Waals surface area contributed by atoms with E-state index in [4.69, 9.17) is 0 Å². The number of hydrogen-bond acceptors (Lipinski definition) is 5. The Morgan fingerprint density at radius 2 is 2.00 bits per heavy atom. The van der Waals surface area contributed by atoms with Crippen molar-refractivity contribution >= 4 is 35.0 Å². The summed E-state index contributed by atoms with van der Waals surface area (Å²) in [5, 5.41) is 6.17. The molecule has 130 valence electrons. The van der Waals surface area contributed by atoms with Crippen LogP contribution in [-0.2, 0) is 16.1 Å². The lowest BCUT2D eigenvalue weighted by Gasteiger charge is -2.24. The normalized spacial score (nSPS) is 16.0. The summed E-state index contributed by atoms with van der Waals surface area (Å²) in [5.74, 6) is -0.104. The van der Waals surface area contributed by atoms with Crippen molar-refractivity contribution in [2.75, 3.05) is 16.4 Å². The van der Waals surface area contributed by atoms with Crippen LogP contribution < -0.4 is 16.2 Å². The summed E-state index contributed by atoms with van der Waals surface area (Å²) in [6, 6.07) is 6.95. The summed E-state index contributed by atoms with van der Waals surface area (Å²) in [5.41, 5.74) is 1.67. The molecule has 0 aliphatic carbocycles. The van der Waals surface area contributed by atoms with Crippen LogP contribution in [0, 0.1) is 12.8 Å². The minimum absolute atomic E-state index is 0.109. The van der Waals surface area contributed by atoms with E-state index in [1.807, 2.05) is 0 Å². The summed E-state index contributed by atoms with van der Waals surface area (Å²) in [4.78, 5) is 40.2. The van der Waals surface area contributed by atoms with Crippen LogP contribution in [0.4, 0.5) is 11.4 Å². The predicted octanol–water partition coefficient (Wildman–Crippen LogP) is 1.87. The summed E-state index contributed by atoms with van der Waals surface area (Å²) in [6.45, 7) is 3.45. The molecule has 7 nitrogen and oxygen atoms in total. The van der Waals surface area contributed by atoms with Crippen molar-refractivity contribution in [1.82, 2.24) is 9.55 Å². The maximum Gasteiger partial charge on any atom is 0.257 e. The highest BCUT2D eigenvalue weighted by Crippen LogP contribution is 2.26. The molecule has 0 radical (unpaired) electrons. The summed E-state index contributed by atoms with van der Waals surface area (Å²) in [6.07, 6.45) is 1.56. The molecule has 1 unspecified atom stereocenters. The van der Waals surface area contributed by atoms with Gasteiger partial charge in [0.05, 0.1) is 5.92 Å². The van der Waals surface area contributed by atoms with Gasteiger partial charge in [-0.25, -0.2) is 4.98 Å². The number of anilines is 2. The molecule has 2 heterocycles. The van der Waals surface area contributed by atoms with E-state index in [9.17, 15) is 14.4 Å². The third kappa shape index (κ3) is 3.90. The van der Waals surface area contributed by atoms with Gasteiger partial charge in [0.1, 0.15) is 0 Å². The molecule has 0 saturated carbocycles. The lowest BCUT2D eigenvalue weighted by molar-refractivity contribution is -0.119. The molecule has 2 amide bonds. The van der Waals surface area contributed by atoms with Gasteiger partial charge in [0, 0.05) is 42.4 Å². The number of nitrogens with one attached hydrogen (secondary N) is 2. The maximum atomic E-state index is 12.6. The van der Waals surface area contributed by atoms with E-state index in [2.05, 4.69) is 15.6 Å². The lowest BCUT2D eigenvalue weighted by atomic mass is 10.1. The SMILES string of the molecule is CC(=O)Nc1cccc(NC(=O)C2CSc3ncc(C)c(=O)n3C2)c1. The Balaban J connectivity index is 1.73. The van der Waals surface area contributed by atoms with Crippen LogP contribution in [0.15, 0.2) is 40.4 Å². The van der Waals surface area contributed by atoms with Gasteiger partial charge in [-0.3, -0.25) is 19.0 Å². The first-order valence-electron chi connectivity index (χ1n) is 7.82. The van der Waals surface area contributed by atoms with Crippen molar-refractivity contribution < 1.29 is 9.59 Å². The van der Waals surface area contributed by atoms with E-state index >= 15 is 0 Å². The lowest BCUT2D eigenvalue weighted by Crippen LogP contribution is -2.37. The number of carbonyl (C=O) groups excluding carboxylic acids is 2. The van der Waals surface area contributed by atoms with E-state index in [1.54, 1.807) is 42.0 Å². The van der Waals surface area contributed by atoms with Crippen LogP contribution in [0.3, 0.4) is 0 Å². The molecular formula is C17H18N4O3S. The zero-order valence-electron chi connectivity index (χ0n) is 13.9. The number of amides is 2. The van der Waals surface area contributed by atoms with Gasteiger partial charge in [0.2, 0.25) is 11.8 Å². The molecule has 3 rings (SSSR count). The first kappa shape index (κ1) is 17.2. The minimum atomic E-state index is -0.330. The van der Waals surface area contributed by atoms with E-state index < -0.39 is 0 Å². The largest absolute Gasteiger partial charge is 0.326 e. The number of fused-ring (bicyclic) bond motifs is 1. The fourth-order valence-corrected chi connectivity index (χ4v) is 3.63. The van der Waals surface area contributed by atoms with Gasteiger partial charge in [-0.1, -0.05) is 17.8 Å². The Kier molecular flexibility index (Phi) is 4.89. The molecule has 25 heavy (non-hydrogen) atoms. The third-order valence-electron chi connectivity index (χ3n) is 3.82. The Morgan fingerprint density at radius 3 is 2.72 bits per heavy atom. The Bertz CT molecular complexity index is 894. The zero-order valence-corrected chi connectivity index (χ0v) is 14.7. The molecule has 1 aliphatic rings. The molecule has 2 aromatic rings. The molecule has 1 aromatic heterocycles. The third-order valence-corrected chi connectivity index (χ3v) is 4.97. The number of rotatable bonds is 3. The fraction of sp³-hybridized carbons (Fsp3) is 0.294. The van der Waals surface area contributed by atoms with E-state index in [0.717, 1.165) is 0 Å². The smallest absolute Gasteiger partial charge is 0.257 e. The molecule has 2 N–H and O–H groups in total. The highest BCUT2D eigenvalue weighted by Gasteiger charge is 2.27. The van der Waals surface area contributed by atoms with Gasteiger partial charge >= 0.3 is 0 Å². The van der Waals surface area contributed by atoms with Crippen molar-refractivity contribution in [2.24, 2.45) is 5.92 Å². The highest BCUT2D eigenvalue weighted by molar-refractivity contribution is 7.99. The molecule has 1 aliphatic heterocycles. The standard InChI is InChI=1S/C17H18N4O3S/c1-10-7-18-17-21(16(10)24)8-12(9-25-17)15(23)20-14-5-3-4-13(6-14)19-11(2)22/h3-7,12H,8-9H2,1-2H3,(H,19,22)(H,20,23). The van der Waals surface area contributed by atoms with Gasteiger partial charge in [-0.15, -0.1) is 0 Å². The minimum Gasteiger partial charge on any atom is -0.326 e. The van der Waals surface area contributed by atoms with Crippen LogP contribution in [0.5, 0.6) is 0 Å². The molecule has 0 bridgehead atoms. The number of benzene rings is 1. The average Bonchev–Trinajstić information content (AvgIpc) is 2.57. The van der Waals surface area contributed by atoms with Gasteiger partial charge in [-0.05, 0) is 25.1 Å². The maximum absolute atomic E-state index is 12.6. The van der Waals surface area contributed by atoms with Crippen LogP contribution in [0.25, 0.3) is 0 Å². The van der Waals surface area contributed by atoms with Crippen LogP contribution >= 0.6 is 11.8 Å². The van der Waals surface area contributed by atoms with Crippen LogP contribution in [0.2, 0.25) is 0 Å². The number of carbonyl (C=O) groups is 2.